The molecule has 0 fully saturated rings. The average molecular weight is 373 g/mol. The van der Waals surface area contributed by atoms with Crippen LogP contribution in [-0.2, 0) is 4.79 Å². The lowest BCUT2D eigenvalue weighted by Crippen LogP contribution is -2.36. The Morgan fingerprint density at radius 1 is 1.58 bits per heavy atom. The molecule has 102 valence electrons. The van der Waals surface area contributed by atoms with Crippen molar-refractivity contribution >= 4 is 34.2 Å². The average Bonchev–Trinajstić information content (AvgIpc) is 2.35. The molecule has 1 amide bonds. The number of ether oxygens (including phenoxy) is 1. The third-order valence-electron chi connectivity index (χ3n) is 2.71. The molecule has 0 aliphatic heterocycles. The summed E-state index contributed by atoms with van der Waals surface area (Å²) in [6, 6.07) is 5.34. The first-order chi connectivity index (χ1) is 8.86. The summed E-state index contributed by atoms with van der Waals surface area (Å²) >= 11 is 2.03. The highest BCUT2D eigenvalue weighted by molar-refractivity contribution is 14.1. The van der Waals surface area contributed by atoms with Gasteiger partial charge in [0.25, 0.3) is 5.91 Å². The van der Waals surface area contributed by atoms with Crippen LogP contribution in [0.4, 0.5) is 5.69 Å². The molecule has 0 unspecified atom stereocenters. The van der Waals surface area contributed by atoms with Gasteiger partial charge in [-0.15, -0.1) is 0 Å². The summed E-state index contributed by atoms with van der Waals surface area (Å²) in [7, 11) is 1.73. The highest BCUT2D eigenvalue weighted by atomic mass is 127. The lowest BCUT2D eigenvalue weighted by molar-refractivity contribution is -0.133. The summed E-state index contributed by atoms with van der Waals surface area (Å²) in [5.41, 5.74) is 6.65. The predicted octanol–water partition coefficient (Wildman–Crippen LogP) is 1.99. The topological polar surface area (TPSA) is 79.3 Å². The summed E-state index contributed by atoms with van der Waals surface area (Å²) in [6.07, 6.45) is 0. The number of carbonyl (C=O) groups excluding carboxylic acids is 1. The maximum Gasteiger partial charge on any atom is 0.260 e. The highest BCUT2D eigenvalue weighted by Gasteiger charge is 2.15. The van der Waals surface area contributed by atoms with Crippen LogP contribution >= 0.6 is 22.6 Å². The standard InChI is InChI=1S/C13H16IN3O2/c1-8(2)17(3)12(18)7-19-13-10(14)4-9(6-15)5-11(13)16/h4-5,8H,7,16H2,1-3H3. The Balaban J connectivity index is 2.80. The second-order valence-corrected chi connectivity index (χ2v) is 5.54. The number of likely N-dealkylation sites (N-methyl/N-ethyl adjacent to an activating group) is 1. The third-order valence-corrected chi connectivity index (χ3v) is 3.51. The van der Waals surface area contributed by atoms with Gasteiger partial charge in [0.05, 0.1) is 20.9 Å². The molecular weight excluding hydrogens is 357 g/mol. The van der Waals surface area contributed by atoms with Gasteiger partial charge in [-0.2, -0.15) is 5.26 Å². The maximum absolute atomic E-state index is 11.8. The zero-order valence-electron chi connectivity index (χ0n) is 11.1. The van der Waals surface area contributed by atoms with E-state index in [1.165, 1.54) is 6.07 Å². The quantitative estimate of drug-likeness (QED) is 0.647. The van der Waals surface area contributed by atoms with Gasteiger partial charge in [0.2, 0.25) is 0 Å². The van der Waals surface area contributed by atoms with E-state index in [0.29, 0.717) is 20.6 Å². The van der Waals surface area contributed by atoms with Crippen LogP contribution < -0.4 is 10.5 Å². The van der Waals surface area contributed by atoms with Gasteiger partial charge in [-0.1, -0.05) is 0 Å². The fraction of sp³-hybridized carbons (Fsp3) is 0.385. The number of halogens is 1. The van der Waals surface area contributed by atoms with Crippen LogP contribution in [0.1, 0.15) is 19.4 Å². The highest BCUT2D eigenvalue weighted by Crippen LogP contribution is 2.29. The smallest absolute Gasteiger partial charge is 0.260 e. The predicted molar refractivity (Wildman–Crippen MR) is 81.7 cm³/mol. The van der Waals surface area contributed by atoms with Crippen molar-refractivity contribution in [3.8, 4) is 11.8 Å². The molecule has 0 aromatic heterocycles. The zero-order chi connectivity index (χ0) is 14.6. The number of benzene rings is 1. The lowest BCUT2D eigenvalue weighted by Gasteiger charge is -2.21. The Morgan fingerprint density at radius 2 is 2.21 bits per heavy atom. The van der Waals surface area contributed by atoms with Crippen molar-refractivity contribution in [2.45, 2.75) is 19.9 Å². The number of anilines is 1. The number of hydrogen-bond acceptors (Lipinski definition) is 4. The molecule has 0 spiro atoms. The van der Waals surface area contributed by atoms with Crippen LogP contribution in [-0.4, -0.2) is 30.5 Å². The van der Waals surface area contributed by atoms with E-state index < -0.39 is 0 Å². The van der Waals surface area contributed by atoms with Crippen LogP contribution in [0.5, 0.6) is 5.75 Å². The van der Waals surface area contributed by atoms with Gasteiger partial charge in [-0.05, 0) is 48.6 Å². The van der Waals surface area contributed by atoms with E-state index in [-0.39, 0.29) is 18.6 Å². The molecule has 0 heterocycles. The van der Waals surface area contributed by atoms with Crippen molar-refractivity contribution in [1.82, 2.24) is 4.90 Å². The van der Waals surface area contributed by atoms with E-state index in [4.69, 9.17) is 15.7 Å². The first-order valence-corrected chi connectivity index (χ1v) is 6.82. The van der Waals surface area contributed by atoms with E-state index in [1.54, 1.807) is 18.0 Å². The number of rotatable bonds is 4. The Kier molecular flexibility index (Phi) is 5.42. The Hall–Kier alpha value is -1.49. The molecule has 2 N–H and O–H groups in total. The van der Waals surface area contributed by atoms with Crippen LogP contribution in [0.3, 0.4) is 0 Å². The van der Waals surface area contributed by atoms with Gasteiger partial charge in [0, 0.05) is 13.1 Å². The normalized spacial score (nSPS) is 10.1. The minimum Gasteiger partial charge on any atom is -0.480 e. The third kappa shape index (κ3) is 3.99. The molecule has 1 aromatic carbocycles. The van der Waals surface area contributed by atoms with E-state index in [2.05, 4.69) is 0 Å². The molecule has 6 heteroatoms. The maximum atomic E-state index is 11.8. The van der Waals surface area contributed by atoms with Crippen molar-refractivity contribution in [2.24, 2.45) is 0 Å². The molecule has 0 atom stereocenters. The SMILES string of the molecule is CC(C)N(C)C(=O)COc1c(N)cc(C#N)cc1I. The molecule has 1 rings (SSSR count). The molecule has 0 aliphatic rings. The molecule has 0 radical (unpaired) electrons. The monoisotopic (exact) mass is 373 g/mol. The zero-order valence-corrected chi connectivity index (χ0v) is 13.3. The van der Waals surface area contributed by atoms with E-state index >= 15 is 0 Å². The fourth-order valence-electron chi connectivity index (χ4n) is 1.36. The Bertz CT molecular complexity index is 500. The Morgan fingerprint density at radius 3 is 2.68 bits per heavy atom. The van der Waals surface area contributed by atoms with Crippen molar-refractivity contribution < 1.29 is 9.53 Å². The van der Waals surface area contributed by atoms with Crippen LogP contribution in [0.15, 0.2) is 12.1 Å². The summed E-state index contributed by atoms with van der Waals surface area (Å²) in [6.45, 7) is 3.79. The number of nitrogens with two attached hydrogens (primary N) is 1. The molecular formula is C13H16IN3O2. The first-order valence-electron chi connectivity index (χ1n) is 5.74. The minimum absolute atomic E-state index is 0.0687. The second kappa shape index (κ2) is 6.61. The molecule has 19 heavy (non-hydrogen) atoms. The minimum atomic E-state index is -0.116. The molecule has 0 saturated heterocycles. The summed E-state index contributed by atoms with van der Waals surface area (Å²) in [5.74, 6) is 0.333. The number of nitrogens with zero attached hydrogens (tertiary/aromatic N) is 2. The van der Waals surface area contributed by atoms with Gasteiger partial charge >= 0.3 is 0 Å². The van der Waals surface area contributed by atoms with E-state index in [9.17, 15) is 4.79 Å². The van der Waals surface area contributed by atoms with Crippen LogP contribution in [0.2, 0.25) is 0 Å². The van der Waals surface area contributed by atoms with Gasteiger partial charge in [0.15, 0.2) is 12.4 Å². The molecule has 1 aromatic rings. The van der Waals surface area contributed by atoms with Gasteiger partial charge in [0.1, 0.15) is 0 Å². The van der Waals surface area contributed by atoms with Crippen molar-refractivity contribution in [1.29, 1.82) is 5.26 Å². The number of nitrogen functional groups attached to an aromatic ring is 1. The Labute approximate surface area is 126 Å². The number of carbonyl (C=O) groups is 1. The summed E-state index contributed by atoms with van der Waals surface area (Å²) in [4.78, 5) is 13.4. The lowest BCUT2D eigenvalue weighted by atomic mass is 10.2. The number of nitriles is 1. The van der Waals surface area contributed by atoms with Gasteiger partial charge in [-0.25, -0.2) is 0 Å². The largest absolute Gasteiger partial charge is 0.480 e. The number of amides is 1. The fourth-order valence-corrected chi connectivity index (χ4v) is 2.16. The van der Waals surface area contributed by atoms with Gasteiger partial charge in [-0.3, -0.25) is 4.79 Å². The molecule has 0 bridgehead atoms. The van der Waals surface area contributed by atoms with E-state index in [0.717, 1.165) is 0 Å². The summed E-state index contributed by atoms with van der Waals surface area (Å²) in [5, 5.41) is 8.82. The van der Waals surface area contributed by atoms with Crippen LogP contribution in [0, 0.1) is 14.9 Å². The van der Waals surface area contributed by atoms with Gasteiger partial charge < -0.3 is 15.4 Å². The molecule has 0 aliphatic carbocycles. The van der Waals surface area contributed by atoms with Crippen molar-refractivity contribution in [2.75, 3.05) is 19.4 Å². The molecule has 0 saturated carbocycles. The van der Waals surface area contributed by atoms with Crippen molar-refractivity contribution in [3.05, 3.63) is 21.3 Å². The van der Waals surface area contributed by atoms with Crippen LogP contribution in [0.25, 0.3) is 0 Å². The number of hydrogen-bond donors (Lipinski definition) is 1. The second-order valence-electron chi connectivity index (χ2n) is 4.38. The van der Waals surface area contributed by atoms with E-state index in [1.807, 2.05) is 42.5 Å². The first kappa shape index (κ1) is 15.6. The molecule has 5 nitrogen and oxygen atoms in total. The van der Waals surface area contributed by atoms with Crippen molar-refractivity contribution in [3.63, 3.8) is 0 Å². The summed E-state index contributed by atoms with van der Waals surface area (Å²) < 4.78 is 6.18.